The summed E-state index contributed by atoms with van der Waals surface area (Å²) in [5.41, 5.74) is 0.802. The van der Waals surface area contributed by atoms with Crippen molar-refractivity contribution in [1.29, 1.82) is 0 Å². The molecule has 2 amide bonds. The van der Waals surface area contributed by atoms with Gasteiger partial charge in [0.2, 0.25) is 5.91 Å². The number of aromatic nitrogens is 3. The Labute approximate surface area is 193 Å². The number of hydrogen-bond acceptors (Lipinski definition) is 6. The van der Waals surface area contributed by atoms with E-state index in [1.165, 1.54) is 6.26 Å². The fourth-order valence-electron chi connectivity index (χ4n) is 5.17. The monoisotopic (exact) mass is 459 g/mol. The molecule has 180 valence electrons. The van der Waals surface area contributed by atoms with Crippen LogP contribution in [0.5, 0.6) is 0 Å². The maximum absolute atomic E-state index is 13.5. The Hall–Kier alpha value is -3.17. The minimum absolute atomic E-state index is 0.0731. The molecule has 2 saturated heterocycles. The van der Waals surface area contributed by atoms with Crippen molar-refractivity contribution in [3.05, 3.63) is 35.8 Å². The van der Waals surface area contributed by atoms with Crippen LogP contribution in [0.1, 0.15) is 68.0 Å². The van der Waals surface area contributed by atoms with Crippen molar-refractivity contribution in [2.75, 3.05) is 6.54 Å². The van der Waals surface area contributed by atoms with Gasteiger partial charge in [0.25, 0.3) is 12.4 Å². The third-order valence-electron chi connectivity index (χ3n) is 6.67. The molecule has 2 aromatic rings. The number of fused-ring (bicyclic) bond motifs is 2. The average molecular weight is 460 g/mol. The Morgan fingerprint density at radius 3 is 2.79 bits per heavy atom. The van der Waals surface area contributed by atoms with Crippen LogP contribution in [-0.2, 0) is 16.0 Å². The van der Waals surface area contributed by atoms with Crippen LogP contribution in [-0.4, -0.2) is 62.1 Å². The summed E-state index contributed by atoms with van der Waals surface area (Å²) in [5.74, 6) is 0.939. The highest BCUT2D eigenvalue weighted by molar-refractivity contribution is 5.94. The smallest absolute Gasteiger partial charge is 0.290 e. The summed E-state index contributed by atoms with van der Waals surface area (Å²) in [5, 5.41) is 16.9. The number of carboxylic acid groups (broad SMARTS) is 1. The summed E-state index contributed by atoms with van der Waals surface area (Å²) in [6, 6.07) is 1.92. The van der Waals surface area contributed by atoms with Gasteiger partial charge in [0.1, 0.15) is 6.26 Å². The molecule has 0 radical (unpaired) electrons. The zero-order valence-electron chi connectivity index (χ0n) is 19.4. The van der Waals surface area contributed by atoms with Crippen molar-refractivity contribution < 1.29 is 23.9 Å². The molecule has 2 aliphatic heterocycles. The molecule has 2 fully saturated rings. The molecule has 10 heteroatoms. The third kappa shape index (κ3) is 5.26. The van der Waals surface area contributed by atoms with Gasteiger partial charge < -0.3 is 19.7 Å². The predicted molar refractivity (Wildman–Crippen MR) is 119 cm³/mol. The second-order valence-electron chi connectivity index (χ2n) is 9.20. The van der Waals surface area contributed by atoms with Crippen LogP contribution in [0.4, 0.5) is 0 Å². The molecule has 4 rings (SSSR count). The van der Waals surface area contributed by atoms with Crippen LogP contribution in [0.3, 0.4) is 0 Å². The van der Waals surface area contributed by atoms with Crippen LogP contribution in [0, 0.1) is 18.3 Å². The maximum Gasteiger partial charge on any atom is 0.290 e. The molecule has 3 N–H and O–H groups in total. The molecule has 4 heterocycles. The summed E-state index contributed by atoms with van der Waals surface area (Å²) < 4.78 is 5.26. The highest BCUT2D eigenvalue weighted by Gasteiger charge is 2.60. The number of aromatic amines is 1. The van der Waals surface area contributed by atoms with Crippen molar-refractivity contribution in [3.63, 3.8) is 0 Å². The van der Waals surface area contributed by atoms with Crippen LogP contribution in [0.15, 0.2) is 22.9 Å². The molecule has 0 unspecified atom stereocenters. The number of oxazole rings is 1. The maximum atomic E-state index is 13.5. The first kappa shape index (κ1) is 24.5. The van der Waals surface area contributed by atoms with Gasteiger partial charge >= 0.3 is 0 Å². The number of amides is 2. The van der Waals surface area contributed by atoms with Crippen LogP contribution >= 0.6 is 0 Å². The number of rotatable bonds is 8. The molecular weight excluding hydrogens is 426 g/mol. The second-order valence-corrected chi connectivity index (χ2v) is 9.20. The van der Waals surface area contributed by atoms with E-state index in [0.717, 1.165) is 37.8 Å². The quantitative estimate of drug-likeness (QED) is 0.515. The Balaban J connectivity index is 0.000000968. The minimum Gasteiger partial charge on any atom is -0.483 e. The molecule has 2 aromatic heterocycles. The van der Waals surface area contributed by atoms with Crippen molar-refractivity contribution in [1.82, 2.24) is 25.4 Å². The number of carbonyl (C=O) groups is 3. The normalized spacial score (nSPS) is 23.3. The largest absolute Gasteiger partial charge is 0.483 e. The average Bonchev–Trinajstić information content (AvgIpc) is 3.56. The fraction of sp³-hybridized carbons (Fsp3) is 0.609. The van der Waals surface area contributed by atoms with Gasteiger partial charge in [0, 0.05) is 43.9 Å². The van der Waals surface area contributed by atoms with Crippen LogP contribution in [0.25, 0.3) is 0 Å². The van der Waals surface area contributed by atoms with Crippen molar-refractivity contribution >= 4 is 18.3 Å². The highest BCUT2D eigenvalue weighted by atomic mass is 16.3. The lowest BCUT2D eigenvalue weighted by molar-refractivity contribution is -0.133. The predicted octanol–water partition coefficient (Wildman–Crippen LogP) is 2.57. The van der Waals surface area contributed by atoms with E-state index in [4.69, 9.17) is 14.3 Å². The number of nitrogens with zero attached hydrogens (tertiary/aromatic N) is 3. The molecule has 2 bridgehead atoms. The van der Waals surface area contributed by atoms with E-state index < -0.39 is 5.41 Å². The number of aryl methyl sites for hydroxylation is 1. The zero-order valence-corrected chi connectivity index (χ0v) is 19.4. The molecule has 0 spiro atoms. The van der Waals surface area contributed by atoms with Gasteiger partial charge in [0.05, 0.1) is 5.41 Å². The molecule has 10 nitrogen and oxygen atoms in total. The Kier molecular flexibility index (Phi) is 7.88. The third-order valence-corrected chi connectivity index (χ3v) is 6.67. The molecular formula is C23H33N5O5. The molecule has 33 heavy (non-hydrogen) atoms. The van der Waals surface area contributed by atoms with Gasteiger partial charge in [0.15, 0.2) is 11.6 Å². The highest BCUT2D eigenvalue weighted by Crippen LogP contribution is 2.53. The van der Waals surface area contributed by atoms with E-state index in [2.05, 4.69) is 34.3 Å². The van der Waals surface area contributed by atoms with Gasteiger partial charge in [-0.1, -0.05) is 13.8 Å². The molecule has 0 aliphatic carbocycles. The molecule has 2 aliphatic rings. The van der Waals surface area contributed by atoms with Crippen molar-refractivity contribution in [2.45, 2.75) is 71.4 Å². The van der Waals surface area contributed by atoms with E-state index in [1.807, 2.05) is 11.0 Å². The van der Waals surface area contributed by atoms with Crippen LogP contribution in [0.2, 0.25) is 0 Å². The topological polar surface area (TPSA) is 141 Å². The number of nitrogens with one attached hydrogen (secondary N) is 2. The Morgan fingerprint density at radius 2 is 2.18 bits per heavy atom. The minimum atomic E-state index is -0.532. The molecule has 0 aromatic carbocycles. The van der Waals surface area contributed by atoms with Gasteiger partial charge in [-0.05, 0) is 44.1 Å². The summed E-state index contributed by atoms with van der Waals surface area (Å²) in [7, 11) is 0. The Bertz CT molecular complexity index is 941. The number of carbonyl (C=O) groups excluding carboxylic acids is 2. The standard InChI is InChI=1S/C22H31N5O3.CH2O2/c1-14(2)6-9-22(21(29)23-10-7-16-8-11-24-26-16)12-17-4-5-19(22)27(17)20(28)18-13-30-15(3)25-18;2-1-3/h8,11,13-14,17,19H,4-7,9-10,12H2,1-3H3,(H,23,29)(H,24,26);1H,(H,2,3)/t17-,19+,22+;/m1./s1. The lowest BCUT2D eigenvalue weighted by Crippen LogP contribution is -2.50. The zero-order chi connectivity index (χ0) is 24.0. The second kappa shape index (κ2) is 10.6. The van der Waals surface area contributed by atoms with Gasteiger partial charge in [-0.3, -0.25) is 19.5 Å². The van der Waals surface area contributed by atoms with Crippen molar-refractivity contribution in [3.8, 4) is 0 Å². The Morgan fingerprint density at radius 1 is 1.42 bits per heavy atom. The first-order valence-corrected chi connectivity index (χ1v) is 11.4. The van der Waals surface area contributed by atoms with Crippen LogP contribution < -0.4 is 5.32 Å². The molecule has 3 atom stereocenters. The van der Waals surface area contributed by atoms with Crippen molar-refractivity contribution in [2.24, 2.45) is 11.3 Å². The van der Waals surface area contributed by atoms with Gasteiger partial charge in [-0.2, -0.15) is 5.10 Å². The summed E-state index contributed by atoms with van der Waals surface area (Å²) in [6.07, 6.45) is 8.13. The summed E-state index contributed by atoms with van der Waals surface area (Å²) in [6.45, 7) is 6.39. The lowest BCUT2D eigenvalue weighted by Gasteiger charge is -2.36. The lowest BCUT2D eigenvalue weighted by atomic mass is 9.69. The summed E-state index contributed by atoms with van der Waals surface area (Å²) >= 11 is 0. The van der Waals surface area contributed by atoms with E-state index in [-0.39, 0.29) is 30.4 Å². The van der Waals surface area contributed by atoms with E-state index >= 15 is 0 Å². The first-order valence-electron chi connectivity index (χ1n) is 11.4. The van der Waals surface area contributed by atoms with Gasteiger partial charge in [-0.15, -0.1) is 0 Å². The summed E-state index contributed by atoms with van der Waals surface area (Å²) in [4.78, 5) is 41.2. The van der Waals surface area contributed by atoms with Gasteiger partial charge in [-0.25, -0.2) is 4.98 Å². The van der Waals surface area contributed by atoms with E-state index in [0.29, 0.717) is 30.5 Å². The fourth-order valence-corrected chi connectivity index (χ4v) is 5.17. The number of H-pyrrole nitrogens is 1. The number of hydrogen-bond donors (Lipinski definition) is 3. The first-order chi connectivity index (χ1) is 15.8. The molecule has 0 saturated carbocycles. The SMILES string of the molecule is Cc1nc(C(=O)N2[C@@H]3CC[C@H]2[C@@](CCC(C)C)(C(=O)NCCc2ccn[nH]2)C3)co1.O=CO. The van der Waals surface area contributed by atoms with E-state index in [9.17, 15) is 9.59 Å². The van der Waals surface area contributed by atoms with E-state index in [1.54, 1.807) is 13.1 Å².